The van der Waals surface area contributed by atoms with Crippen molar-refractivity contribution in [2.75, 3.05) is 65.2 Å². The van der Waals surface area contributed by atoms with Crippen LogP contribution in [-0.4, -0.2) is 72.3 Å². The summed E-state index contributed by atoms with van der Waals surface area (Å²) in [5, 5.41) is 3.42. The van der Waals surface area contributed by atoms with Gasteiger partial charge in [0.2, 0.25) is 0 Å². The SMILES string of the molecule is COCCCN(C(=O)COC1CNCCC1c1ccc(OCCCOCc2ccccc2OC)cc1)c1ccccc1. The van der Waals surface area contributed by atoms with Crippen LogP contribution in [-0.2, 0) is 25.6 Å². The van der Waals surface area contributed by atoms with Gasteiger partial charge in [-0.05, 0) is 55.3 Å². The Hall–Kier alpha value is -3.43. The Balaban J connectivity index is 1.23. The lowest BCUT2D eigenvalue weighted by Gasteiger charge is -2.33. The number of ether oxygens (including phenoxy) is 5. The Kier molecular flexibility index (Phi) is 13.1. The molecule has 8 heteroatoms. The van der Waals surface area contributed by atoms with Crippen LogP contribution in [0.1, 0.15) is 36.3 Å². The number of carbonyl (C=O) groups excluding carboxylic acids is 1. The number of piperidine rings is 1. The van der Waals surface area contributed by atoms with E-state index >= 15 is 0 Å². The number of rotatable bonds is 17. The van der Waals surface area contributed by atoms with Gasteiger partial charge in [0, 0.05) is 50.4 Å². The summed E-state index contributed by atoms with van der Waals surface area (Å²) in [4.78, 5) is 15.0. The second-order valence-electron chi connectivity index (χ2n) is 10.3. The van der Waals surface area contributed by atoms with Gasteiger partial charge in [-0.15, -0.1) is 0 Å². The number of hydrogen-bond donors (Lipinski definition) is 1. The summed E-state index contributed by atoms with van der Waals surface area (Å²) in [6.45, 7) is 4.54. The molecule has 0 bridgehead atoms. The van der Waals surface area contributed by atoms with Gasteiger partial charge in [-0.3, -0.25) is 4.79 Å². The van der Waals surface area contributed by atoms with Gasteiger partial charge in [-0.2, -0.15) is 0 Å². The molecule has 0 radical (unpaired) electrons. The van der Waals surface area contributed by atoms with E-state index in [9.17, 15) is 4.79 Å². The second-order valence-corrected chi connectivity index (χ2v) is 10.3. The van der Waals surface area contributed by atoms with E-state index in [1.165, 1.54) is 5.56 Å². The third-order valence-corrected chi connectivity index (χ3v) is 7.41. The third-order valence-electron chi connectivity index (χ3n) is 7.41. The lowest BCUT2D eigenvalue weighted by atomic mass is 9.87. The Morgan fingerprint density at radius 1 is 0.905 bits per heavy atom. The minimum atomic E-state index is -0.0912. The molecule has 2 atom stereocenters. The van der Waals surface area contributed by atoms with Crippen LogP contribution in [0.5, 0.6) is 11.5 Å². The van der Waals surface area contributed by atoms with E-state index in [-0.39, 0.29) is 24.5 Å². The number of amides is 1. The average Bonchev–Trinajstić information content (AvgIpc) is 3.04. The number of para-hydroxylation sites is 2. The van der Waals surface area contributed by atoms with E-state index in [1.807, 2.05) is 66.7 Å². The summed E-state index contributed by atoms with van der Waals surface area (Å²) in [7, 11) is 3.34. The van der Waals surface area contributed by atoms with Crippen LogP contribution in [0.2, 0.25) is 0 Å². The van der Waals surface area contributed by atoms with E-state index in [1.54, 1.807) is 19.1 Å². The molecule has 1 aliphatic heterocycles. The molecule has 1 fully saturated rings. The first-order chi connectivity index (χ1) is 20.7. The van der Waals surface area contributed by atoms with Crippen LogP contribution in [0.3, 0.4) is 0 Å². The number of carbonyl (C=O) groups is 1. The minimum Gasteiger partial charge on any atom is -0.496 e. The van der Waals surface area contributed by atoms with E-state index in [0.29, 0.717) is 39.5 Å². The van der Waals surface area contributed by atoms with E-state index in [0.717, 1.165) is 48.6 Å². The van der Waals surface area contributed by atoms with Gasteiger partial charge in [0.05, 0.1) is 33.0 Å². The van der Waals surface area contributed by atoms with Crippen molar-refractivity contribution >= 4 is 11.6 Å². The summed E-state index contributed by atoms with van der Waals surface area (Å²) in [5.74, 6) is 1.83. The first-order valence-corrected chi connectivity index (χ1v) is 14.8. The molecule has 1 amide bonds. The van der Waals surface area contributed by atoms with Crippen molar-refractivity contribution in [3.05, 3.63) is 90.0 Å². The van der Waals surface area contributed by atoms with Crippen molar-refractivity contribution in [3.63, 3.8) is 0 Å². The number of anilines is 1. The first-order valence-electron chi connectivity index (χ1n) is 14.8. The van der Waals surface area contributed by atoms with E-state index in [4.69, 9.17) is 23.7 Å². The van der Waals surface area contributed by atoms with Crippen molar-refractivity contribution in [2.24, 2.45) is 0 Å². The van der Waals surface area contributed by atoms with Crippen LogP contribution in [0, 0.1) is 0 Å². The molecule has 2 unspecified atom stereocenters. The van der Waals surface area contributed by atoms with Crippen LogP contribution < -0.4 is 19.7 Å². The lowest BCUT2D eigenvalue weighted by Crippen LogP contribution is -2.43. The number of nitrogens with zero attached hydrogens (tertiary/aromatic N) is 1. The maximum Gasteiger partial charge on any atom is 0.252 e. The summed E-state index contributed by atoms with van der Waals surface area (Å²) in [6, 6.07) is 25.9. The van der Waals surface area contributed by atoms with Gasteiger partial charge in [0.25, 0.3) is 5.91 Å². The number of benzene rings is 3. The van der Waals surface area contributed by atoms with Gasteiger partial charge in [0.15, 0.2) is 0 Å². The highest BCUT2D eigenvalue weighted by Crippen LogP contribution is 2.29. The summed E-state index contributed by atoms with van der Waals surface area (Å²) >= 11 is 0. The average molecular weight is 577 g/mol. The van der Waals surface area contributed by atoms with Gasteiger partial charge in [-0.1, -0.05) is 48.5 Å². The van der Waals surface area contributed by atoms with E-state index < -0.39 is 0 Å². The standard InChI is InChI=1S/C34H44N2O6/c1-38-21-8-20-36(29-11-4-3-5-12-29)34(37)26-42-33-24-35-19-18-31(33)27-14-16-30(17-15-27)41-23-9-22-40-25-28-10-6-7-13-32(28)39-2/h3-7,10-17,31,33,35H,8-9,18-26H2,1-2H3. The Labute approximate surface area is 249 Å². The van der Waals surface area contributed by atoms with E-state index in [2.05, 4.69) is 17.4 Å². The van der Waals surface area contributed by atoms with Crippen molar-refractivity contribution in [3.8, 4) is 11.5 Å². The zero-order chi connectivity index (χ0) is 29.4. The molecule has 0 spiro atoms. The predicted molar refractivity (Wildman–Crippen MR) is 164 cm³/mol. The molecule has 1 saturated heterocycles. The van der Waals surface area contributed by atoms with Gasteiger partial charge in [-0.25, -0.2) is 0 Å². The Bertz CT molecular complexity index is 1190. The summed E-state index contributed by atoms with van der Waals surface area (Å²) in [5.41, 5.74) is 3.11. The van der Waals surface area contributed by atoms with Crippen molar-refractivity contribution in [1.82, 2.24) is 5.32 Å². The molecule has 0 saturated carbocycles. The van der Waals surface area contributed by atoms with Crippen molar-refractivity contribution in [2.45, 2.75) is 37.9 Å². The van der Waals surface area contributed by atoms with Crippen molar-refractivity contribution in [1.29, 1.82) is 0 Å². The molecule has 0 aromatic heterocycles. The molecular formula is C34H44N2O6. The van der Waals surface area contributed by atoms with Crippen molar-refractivity contribution < 1.29 is 28.5 Å². The molecule has 8 nitrogen and oxygen atoms in total. The first kappa shape index (κ1) is 31.5. The minimum absolute atomic E-state index is 0.0328. The predicted octanol–water partition coefficient (Wildman–Crippen LogP) is 5.21. The number of nitrogens with one attached hydrogen (secondary N) is 1. The maximum atomic E-state index is 13.2. The quantitative estimate of drug-likeness (QED) is 0.221. The molecule has 1 heterocycles. The molecule has 0 aliphatic carbocycles. The van der Waals surface area contributed by atoms with Gasteiger partial charge in [0.1, 0.15) is 18.1 Å². The normalized spacial score (nSPS) is 16.6. The van der Waals surface area contributed by atoms with Crippen LogP contribution in [0.25, 0.3) is 0 Å². The third kappa shape index (κ3) is 9.56. The second kappa shape index (κ2) is 17.5. The smallest absolute Gasteiger partial charge is 0.252 e. The largest absolute Gasteiger partial charge is 0.496 e. The molecule has 1 N–H and O–H groups in total. The Morgan fingerprint density at radius 2 is 1.69 bits per heavy atom. The highest BCUT2D eigenvalue weighted by molar-refractivity contribution is 5.94. The highest BCUT2D eigenvalue weighted by Gasteiger charge is 2.28. The molecule has 226 valence electrons. The summed E-state index contributed by atoms with van der Waals surface area (Å²) in [6.07, 6.45) is 2.40. The van der Waals surface area contributed by atoms with Crippen LogP contribution in [0.15, 0.2) is 78.9 Å². The molecule has 3 aromatic rings. The topological polar surface area (TPSA) is 78.5 Å². The molecule has 4 rings (SSSR count). The zero-order valence-corrected chi connectivity index (χ0v) is 24.8. The molecule has 1 aliphatic rings. The lowest BCUT2D eigenvalue weighted by molar-refractivity contribution is -0.125. The molecular weight excluding hydrogens is 532 g/mol. The van der Waals surface area contributed by atoms with Crippen LogP contribution >= 0.6 is 0 Å². The Morgan fingerprint density at radius 3 is 2.48 bits per heavy atom. The monoisotopic (exact) mass is 576 g/mol. The summed E-state index contributed by atoms with van der Waals surface area (Å²) < 4.78 is 28.6. The fourth-order valence-corrected chi connectivity index (χ4v) is 5.18. The molecule has 3 aromatic carbocycles. The van der Waals surface area contributed by atoms with Crippen LogP contribution in [0.4, 0.5) is 5.69 Å². The number of methoxy groups -OCH3 is 2. The fraction of sp³-hybridized carbons (Fsp3) is 0.441. The maximum absolute atomic E-state index is 13.2. The molecule has 42 heavy (non-hydrogen) atoms. The van der Waals surface area contributed by atoms with Gasteiger partial charge >= 0.3 is 0 Å². The number of hydrogen-bond acceptors (Lipinski definition) is 7. The van der Waals surface area contributed by atoms with Gasteiger partial charge < -0.3 is 33.9 Å². The highest BCUT2D eigenvalue weighted by atomic mass is 16.5. The fourth-order valence-electron chi connectivity index (χ4n) is 5.18. The zero-order valence-electron chi connectivity index (χ0n) is 24.8.